The molecule has 0 unspecified atom stereocenters. The van der Waals surface area contributed by atoms with Gasteiger partial charge in [-0.05, 0) is 30.5 Å². The minimum Gasteiger partial charge on any atom is -0.508 e. The maximum Gasteiger partial charge on any atom is 0.237 e. The number of phenolic OH excluding ortho intramolecular Hbond substituents is 1. The molecule has 0 fully saturated rings. The van der Waals surface area contributed by atoms with Crippen molar-refractivity contribution in [2.75, 3.05) is 19.3 Å². The van der Waals surface area contributed by atoms with E-state index in [0.717, 1.165) is 11.8 Å². The number of rotatable bonds is 8. The molecular weight excluding hydrogens is 294 g/mol. The Hall–Kier alpha value is -1.64. The molecule has 1 atom stereocenters. The lowest BCUT2D eigenvalue weighted by atomic mass is 10.1. The molecule has 1 aromatic carbocycles. The molecule has 0 heterocycles. The molecule has 1 rings (SSSR count). The number of nitrogens with two attached hydrogens (primary N) is 1. The van der Waals surface area contributed by atoms with E-state index in [9.17, 15) is 13.2 Å². The summed E-state index contributed by atoms with van der Waals surface area (Å²) in [6.07, 6.45) is 1.94. The fourth-order valence-electron chi connectivity index (χ4n) is 1.67. The van der Waals surface area contributed by atoms with Crippen molar-refractivity contribution < 1.29 is 18.3 Å². The van der Waals surface area contributed by atoms with Gasteiger partial charge in [-0.2, -0.15) is 0 Å². The lowest BCUT2D eigenvalue weighted by Crippen LogP contribution is -2.42. The van der Waals surface area contributed by atoms with Crippen LogP contribution in [0.15, 0.2) is 24.3 Å². The third-order valence-electron chi connectivity index (χ3n) is 2.75. The lowest BCUT2D eigenvalue weighted by molar-refractivity contribution is -0.122. The summed E-state index contributed by atoms with van der Waals surface area (Å²) in [5.41, 5.74) is 6.64. The van der Waals surface area contributed by atoms with Crippen LogP contribution in [0.2, 0.25) is 0 Å². The van der Waals surface area contributed by atoms with Gasteiger partial charge in [0.1, 0.15) is 5.75 Å². The van der Waals surface area contributed by atoms with Crippen LogP contribution >= 0.6 is 0 Å². The number of phenols is 1. The van der Waals surface area contributed by atoms with E-state index in [0.29, 0.717) is 19.4 Å². The highest BCUT2D eigenvalue weighted by Crippen LogP contribution is 2.10. The fourth-order valence-corrected chi connectivity index (χ4v) is 2.18. The van der Waals surface area contributed by atoms with Crippen LogP contribution in [0, 0.1) is 0 Å². The number of benzene rings is 1. The average molecular weight is 315 g/mol. The third-order valence-corrected chi connectivity index (χ3v) is 3.47. The first-order valence-corrected chi connectivity index (χ1v) is 8.43. The number of hydrogen-bond donors (Lipinski definition) is 4. The van der Waals surface area contributed by atoms with E-state index in [4.69, 9.17) is 10.8 Å². The van der Waals surface area contributed by atoms with Crippen molar-refractivity contribution in [2.45, 2.75) is 18.9 Å². The van der Waals surface area contributed by atoms with Gasteiger partial charge in [0.05, 0.1) is 12.3 Å². The van der Waals surface area contributed by atoms with Crippen LogP contribution in [-0.4, -0.2) is 44.8 Å². The summed E-state index contributed by atoms with van der Waals surface area (Å²) < 4.78 is 24.0. The number of nitrogens with one attached hydrogen (secondary N) is 2. The van der Waals surface area contributed by atoms with Crippen LogP contribution in [-0.2, 0) is 21.2 Å². The number of carbonyl (C=O) groups is 1. The van der Waals surface area contributed by atoms with Crippen molar-refractivity contribution in [1.29, 1.82) is 0 Å². The highest BCUT2D eigenvalue weighted by atomic mass is 32.2. The first kappa shape index (κ1) is 17.4. The van der Waals surface area contributed by atoms with Crippen LogP contribution < -0.4 is 15.8 Å². The molecule has 118 valence electrons. The molecule has 8 heteroatoms. The van der Waals surface area contributed by atoms with Crippen molar-refractivity contribution in [3.8, 4) is 5.75 Å². The Labute approximate surface area is 124 Å². The zero-order valence-electron chi connectivity index (χ0n) is 11.9. The van der Waals surface area contributed by atoms with Crippen molar-refractivity contribution in [2.24, 2.45) is 5.73 Å². The second kappa shape index (κ2) is 7.96. The minimum atomic E-state index is -3.19. The topological polar surface area (TPSA) is 122 Å². The largest absolute Gasteiger partial charge is 0.508 e. The van der Waals surface area contributed by atoms with Crippen LogP contribution in [0.3, 0.4) is 0 Å². The minimum absolute atomic E-state index is 0.162. The summed E-state index contributed by atoms with van der Waals surface area (Å²) in [5.74, 6) is -0.127. The van der Waals surface area contributed by atoms with E-state index < -0.39 is 16.1 Å². The Morgan fingerprint density at radius 2 is 1.90 bits per heavy atom. The summed E-state index contributed by atoms with van der Waals surface area (Å²) in [6.45, 7) is 0.622. The Morgan fingerprint density at radius 1 is 1.29 bits per heavy atom. The molecule has 1 aromatic rings. The average Bonchev–Trinajstić information content (AvgIpc) is 2.39. The van der Waals surface area contributed by atoms with E-state index in [1.807, 2.05) is 0 Å². The van der Waals surface area contributed by atoms with E-state index >= 15 is 0 Å². The molecule has 0 saturated heterocycles. The Balaban J connectivity index is 2.26. The Bertz CT molecular complexity index is 557. The molecule has 1 amide bonds. The predicted octanol–water partition coefficient (Wildman–Crippen LogP) is -0.682. The molecule has 0 radical (unpaired) electrons. The third kappa shape index (κ3) is 7.64. The van der Waals surface area contributed by atoms with Gasteiger partial charge < -0.3 is 16.2 Å². The van der Waals surface area contributed by atoms with Gasteiger partial charge in [0, 0.05) is 13.1 Å². The number of hydrogen-bond acceptors (Lipinski definition) is 5. The molecule has 0 aromatic heterocycles. The van der Waals surface area contributed by atoms with Gasteiger partial charge in [-0.25, -0.2) is 13.1 Å². The smallest absolute Gasteiger partial charge is 0.237 e. The monoisotopic (exact) mass is 315 g/mol. The molecule has 0 bridgehead atoms. The molecule has 0 aliphatic heterocycles. The number of aromatic hydroxyl groups is 1. The molecule has 0 aliphatic carbocycles. The predicted molar refractivity (Wildman–Crippen MR) is 80.3 cm³/mol. The first-order valence-electron chi connectivity index (χ1n) is 6.54. The number of sulfonamides is 1. The number of carbonyl (C=O) groups excluding carboxylic acids is 1. The van der Waals surface area contributed by atoms with Gasteiger partial charge >= 0.3 is 0 Å². The molecule has 7 nitrogen and oxygen atoms in total. The Morgan fingerprint density at radius 3 is 2.48 bits per heavy atom. The van der Waals surface area contributed by atoms with Crippen LogP contribution in [0.1, 0.15) is 12.0 Å². The van der Waals surface area contributed by atoms with Gasteiger partial charge in [0.15, 0.2) is 0 Å². The highest BCUT2D eigenvalue weighted by molar-refractivity contribution is 7.88. The quantitative estimate of drug-likeness (QED) is 0.473. The van der Waals surface area contributed by atoms with E-state index in [1.54, 1.807) is 12.1 Å². The maximum atomic E-state index is 11.8. The maximum absolute atomic E-state index is 11.8. The van der Waals surface area contributed by atoms with E-state index in [2.05, 4.69) is 10.0 Å². The zero-order chi connectivity index (χ0) is 15.9. The summed E-state index contributed by atoms with van der Waals surface area (Å²) in [4.78, 5) is 11.8. The lowest BCUT2D eigenvalue weighted by Gasteiger charge is -2.12. The van der Waals surface area contributed by atoms with Gasteiger partial charge in [-0.3, -0.25) is 4.79 Å². The van der Waals surface area contributed by atoms with Crippen molar-refractivity contribution in [3.05, 3.63) is 29.8 Å². The normalized spacial score (nSPS) is 12.9. The van der Waals surface area contributed by atoms with Crippen molar-refractivity contribution >= 4 is 15.9 Å². The molecular formula is C13H21N3O4S. The second-order valence-corrected chi connectivity index (χ2v) is 6.62. The zero-order valence-corrected chi connectivity index (χ0v) is 12.7. The highest BCUT2D eigenvalue weighted by Gasteiger charge is 2.13. The standard InChI is InChI=1S/C13H21N3O4S/c1-21(19,20)16-8-2-7-15-13(18)12(14)9-10-3-5-11(17)6-4-10/h3-6,12,16-17H,2,7-9,14H2,1H3,(H,15,18)/t12-/m0/s1. The fraction of sp³-hybridized carbons (Fsp3) is 0.462. The number of amides is 1. The summed E-state index contributed by atoms with van der Waals surface area (Å²) in [5, 5.41) is 11.8. The Kier molecular flexibility index (Phi) is 6.60. The molecule has 0 saturated carbocycles. The molecule has 0 spiro atoms. The molecule has 0 aliphatic rings. The van der Waals surface area contributed by atoms with E-state index in [1.165, 1.54) is 12.1 Å². The molecule has 21 heavy (non-hydrogen) atoms. The van der Waals surface area contributed by atoms with E-state index in [-0.39, 0.29) is 18.2 Å². The summed E-state index contributed by atoms with van der Waals surface area (Å²) in [7, 11) is -3.19. The SMILES string of the molecule is CS(=O)(=O)NCCCNC(=O)[C@@H](N)Cc1ccc(O)cc1. The summed E-state index contributed by atoms with van der Waals surface area (Å²) in [6, 6.07) is 5.81. The van der Waals surface area contributed by atoms with Crippen molar-refractivity contribution in [3.63, 3.8) is 0 Å². The van der Waals surface area contributed by atoms with Crippen LogP contribution in [0.5, 0.6) is 5.75 Å². The van der Waals surface area contributed by atoms with Gasteiger partial charge in [0.25, 0.3) is 0 Å². The molecule has 5 N–H and O–H groups in total. The van der Waals surface area contributed by atoms with Gasteiger partial charge in [-0.1, -0.05) is 12.1 Å². The van der Waals surface area contributed by atoms with Crippen molar-refractivity contribution in [1.82, 2.24) is 10.0 Å². The van der Waals surface area contributed by atoms with Gasteiger partial charge in [-0.15, -0.1) is 0 Å². The van der Waals surface area contributed by atoms with Gasteiger partial charge in [0.2, 0.25) is 15.9 Å². The van der Waals surface area contributed by atoms with Crippen LogP contribution in [0.4, 0.5) is 0 Å². The second-order valence-electron chi connectivity index (χ2n) is 4.79. The summed E-state index contributed by atoms with van der Waals surface area (Å²) >= 11 is 0. The first-order chi connectivity index (χ1) is 9.78. The van der Waals surface area contributed by atoms with Crippen LogP contribution in [0.25, 0.3) is 0 Å².